The van der Waals surface area contributed by atoms with Gasteiger partial charge in [-0.3, -0.25) is 14.5 Å². The molecule has 232 valence electrons. The molecule has 2 amide bonds. The van der Waals surface area contributed by atoms with Crippen LogP contribution in [0.2, 0.25) is 0 Å². The second kappa shape index (κ2) is 16.2. The van der Waals surface area contributed by atoms with Crippen LogP contribution >= 0.6 is 0 Å². The molecule has 0 saturated carbocycles. The molecule has 9 nitrogen and oxygen atoms in total. The van der Waals surface area contributed by atoms with Crippen LogP contribution in [0.1, 0.15) is 52.5 Å². The van der Waals surface area contributed by atoms with Gasteiger partial charge in [0.1, 0.15) is 6.04 Å². The Morgan fingerprint density at radius 1 is 0.929 bits per heavy atom. The van der Waals surface area contributed by atoms with Crippen molar-refractivity contribution < 1.29 is 23.1 Å². The summed E-state index contributed by atoms with van der Waals surface area (Å²) in [6.45, 7) is 9.74. The van der Waals surface area contributed by atoms with Gasteiger partial charge < -0.3 is 15.7 Å². The Hall–Kier alpha value is -2.79. The summed E-state index contributed by atoms with van der Waals surface area (Å²) >= 11 is 0. The maximum Gasteiger partial charge on any atom is 0.243 e. The standard InChI is InChI=1S/C32H48N4O5S/c1-5-25(4)31(34-30(38)23-35-18-12-13-19-35)32(39)33-28(20-26-14-8-6-9-15-26)29(37)22-36(21-24(2)3)42(40,41)27-16-10-7-11-17-27/h6-11,14-17,24-25,28-29,31,37H,5,12-13,18-23H2,1-4H3,(H,33,39)(H,34,38)/t25-,28-,29+,31-/m0/s1. The van der Waals surface area contributed by atoms with Crippen LogP contribution in [0.25, 0.3) is 0 Å². The van der Waals surface area contributed by atoms with Gasteiger partial charge >= 0.3 is 0 Å². The van der Waals surface area contributed by atoms with Crippen LogP contribution in [0.3, 0.4) is 0 Å². The van der Waals surface area contributed by atoms with Crippen LogP contribution < -0.4 is 10.6 Å². The Kier molecular flexibility index (Phi) is 13.0. The topological polar surface area (TPSA) is 119 Å². The van der Waals surface area contributed by atoms with Crippen molar-refractivity contribution in [1.82, 2.24) is 19.8 Å². The first kappa shape index (κ1) is 33.7. The molecule has 0 aromatic heterocycles. The molecule has 0 aliphatic carbocycles. The second-order valence-corrected chi connectivity index (χ2v) is 13.8. The Morgan fingerprint density at radius 2 is 1.52 bits per heavy atom. The minimum absolute atomic E-state index is 0.0125. The number of aliphatic hydroxyl groups excluding tert-OH is 1. The quantitative estimate of drug-likeness (QED) is 0.273. The molecule has 42 heavy (non-hydrogen) atoms. The fourth-order valence-corrected chi connectivity index (χ4v) is 6.89. The largest absolute Gasteiger partial charge is 0.390 e. The first-order valence-electron chi connectivity index (χ1n) is 15.1. The molecule has 2 aromatic carbocycles. The van der Waals surface area contributed by atoms with E-state index in [0.29, 0.717) is 12.8 Å². The Balaban J connectivity index is 1.83. The van der Waals surface area contributed by atoms with E-state index in [1.54, 1.807) is 30.3 Å². The number of carbonyl (C=O) groups excluding carboxylic acids is 2. The lowest BCUT2D eigenvalue weighted by molar-refractivity contribution is -0.131. The number of carbonyl (C=O) groups is 2. The molecule has 0 radical (unpaired) electrons. The van der Waals surface area contributed by atoms with Gasteiger partial charge in [0.25, 0.3) is 0 Å². The van der Waals surface area contributed by atoms with Gasteiger partial charge in [-0.05, 0) is 61.9 Å². The lowest BCUT2D eigenvalue weighted by Gasteiger charge is -2.32. The number of aliphatic hydroxyl groups is 1. The average Bonchev–Trinajstić information content (AvgIpc) is 3.48. The van der Waals surface area contributed by atoms with Gasteiger partial charge in [-0.1, -0.05) is 82.6 Å². The summed E-state index contributed by atoms with van der Waals surface area (Å²) in [5, 5.41) is 17.5. The highest BCUT2D eigenvalue weighted by atomic mass is 32.2. The van der Waals surface area contributed by atoms with Gasteiger partial charge in [0.15, 0.2) is 0 Å². The SMILES string of the molecule is CC[C@H](C)[C@H](NC(=O)CN1CCCC1)C(=O)N[C@@H](Cc1ccccc1)[C@H](O)CN(CC(C)C)S(=O)(=O)c1ccccc1. The van der Waals surface area contributed by atoms with Gasteiger partial charge in [-0.25, -0.2) is 8.42 Å². The van der Waals surface area contributed by atoms with Crippen molar-refractivity contribution in [2.24, 2.45) is 11.8 Å². The first-order chi connectivity index (χ1) is 20.0. The number of amides is 2. The van der Waals surface area contributed by atoms with E-state index in [-0.39, 0.29) is 48.2 Å². The zero-order valence-corrected chi connectivity index (χ0v) is 26.2. The number of hydrogen-bond donors (Lipinski definition) is 3. The monoisotopic (exact) mass is 600 g/mol. The van der Waals surface area contributed by atoms with Crippen LogP contribution in [0.15, 0.2) is 65.6 Å². The van der Waals surface area contributed by atoms with Crippen molar-refractivity contribution in [1.29, 1.82) is 0 Å². The number of likely N-dealkylation sites (tertiary alicyclic amines) is 1. The molecule has 4 atom stereocenters. The zero-order chi connectivity index (χ0) is 30.7. The third-order valence-electron chi connectivity index (χ3n) is 7.81. The van der Waals surface area contributed by atoms with Crippen molar-refractivity contribution in [3.63, 3.8) is 0 Å². The molecule has 1 aliphatic heterocycles. The van der Waals surface area contributed by atoms with E-state index in [1.165, 1.54) is 4.31 Å². The third-order valence-corrected chi connectivity index (χ3v) is 9.65. The van der Waals surface area contributed by atoms with Crippen LogP contribution in [-0.4, -0.2) is 85.5 Å². The van der Waals surface area contributed by atoms with E-state index in [4.69, 9.17) is 0 Å². The third kappa shape index (κ3) is 9.90. The van der Waals surface area contributed by atoms with Crippen LogP contribution in [-0.2, 0) is 26.0 Å². The predicted molar refractivity (Wildman–Crippen MR) is 165 cm³/mol. The van der Waals surface area contributed by atoms with Gasteiger partial charge in [-0.2, -0.15) is 4.31 Å². The molecular formula is C32H48N4O5S. The van der Waals surface area contributed by atoms with Crippen molar-refractivity contribution in [3.8, 4) is 0 Å². The van der Waals surface area contributed by atoms with Crippen LogP contribution in [0.4, 0.5) is 0 Å². The predicted octanol–water partition coefficient (Wildman–Crippen LogP) is 3.05. The lowest BCUT2D eigenvalue weighted by atomic mass is 9.96. The van der Waals surface area contributed by atoms with Gasteiger partial charge in [0.05, 0.1) is 23.6 Å². The van der Waals surface area contributed by atoms with E-state index in [1.807, 2.05) is 58.0 Å². The number of nitrogens with one attached hydrogen (secondary N) is 2. The van der Waals surface area contributed by atoms with E-state index < -0.39 is 28.2 Å². The summed E-state index contributed by atoms with van der Waals surface area (Å²) in [6, 6.07) is 16.1. The highest BCUT2D eigenvalue weighted by Crippen LogP contribution is 2.19. The fourth-order valence-electron chi connectivity index (χ4n) is 5.24. The molecule has 3 N–H and O–H groups in total. The van der Waals surface area contributed by atoms with Crippen molar-refractivity contribution in [3.05, 3.63) is 66.2 Å². The lowest BCUT2D eigenvalue weighted by Crippen LogP contribution is -2.57. The maximum absolute atomic E-state index is 13.7. The summed E-state index contributed by atoms with van der Waals surface area (Å²) in [4.78, 5) is 28.8. The Labute approximate surface area is 251 Å². The molecule has 10 heteroatoms. The highest BCUT2D eigenvalue weighted by molar-refractivity contribution is 7.89. The Bertz CT molecular complexity index is 1220. The molecule has 0 spiro atoms. The zero-order valence-electron chi connectivity index (χ0n) is 25.4. The van der Waals surface area contributed by atoms with Gasteiger partial charge in [-0.15, -0.1) is 0 Å². The number of nitrogens with zero attached hydrogens (tertiary/aromatic N) is 2. The molecule has 1 fully saturated rings. The molecule has 0 bridgehead atoms. The molecular weight excluding hydrogens is 552 g/mol. The van der Waals surface area contributed by atoms with Crippen molar-refractivity contribution in [2.45, 2.75) is 76.5 Å². The first-order valence-corrected chi connectivity index (χ1v) is 16.5. The van der Waals surface area contributed by atoms with Crippen molar-refractivity contribution in [2.75, 3.05) is 32.7 Å². The number of hydrogen-bond acceptors (Lipinski definition) is 6. The molecule has 1 aliphatic rings. The van der Waals surface area contributed by atoms with Gasteiger partial charge in [0.2, 0.25) is 21.8 Å². The summed E-state index contributed by atoms with van der Waals surface area (Å²) in [5.41, 5.74) is 0.890. The smallest absolute Gasteiger partial charge is 0.243 e. The molecule has 1 saturated heterocycles. The van der Waals surface area contributed by atoms with E-state index in [2.05, 4.69) is 15.5 Å². The van der Waals surface area contributed by atoms with E-state index in [0.717, 1.165) is 31.5 Å². The summed E-state index contributed by atoms with van der Waals surface area (Å²) in [5.74, 6) is -0.716. The average molecular weight is 601 g/mol. The Morgan fingerprint density at radius 3 is 2.10 bits per heavy atom. The van der Waals surface area contributed by atoms with Crippen molar-refractivity contribution >= 4 is 21.8 Å². The van der Waals surface area contributed by atoms with E-state index >= 15 is 0 Å². The molecule has 0 unspecified atom stereocenters. The van der Waals surface area contributed by atoms with Gasteiger partial charge in [0, 0.05) is 13.1 Å². The minimum atomic E-state index is -3.89. The highest BCUT2D eigenvalue weighted by Gasteiger charge is 2.34. The fraction of sp³-hybridized carbons (Fsp3) is 0.562. The maximum atomic E-state index is 13.7. The summed E-state index contributed by atoms with van der Waals surface area (Å²) in [7, 11) is -3.89. The molecule has 2 aromatic rings. The summed E-state index contributed by atoms with van der Waals surface area (Å²) in [6.07, 6.45) is 1.89. The molecule has 1 heterocycles. The normalized spacial score (nSPS) is 17.1. The van der Waals surface area contributed by atoms with Crippen LogP contribution in [0, 0.1) is 11.8 Å². The minimum Gasteiger partial charge on any atom is -0.390 e. The summed E-state index contributed by atoms with van der Waals surface area (Å²) < 4.78 is 28.5. The van der Waals surface area contributed by atoms with E-state index in [9.17, 15) is 23.1 Å². The van der Waals surface area contributed by atoms with Crippen LogP contribution in [0.5, 0.6) is 0 Å². The number of rotatable bonds is 16. The number of sulfonamides is 1. The second-order valence-electron chi connectivity index (χ2n) is 11.8. The number of benzene rings is 2. The molecule has 3 rings (SSSR count).